The van der Waals surface area contributed by atoms with Crippen molar-refractivity contribution in [2.24, 2.45) is 0 Å². The molecule has 0 bridgehead atoms. The molecule has 1 unspecified atom stereocenters. The summed E-state index contributed by atoms with van der Waals surface area (Å²) >= 11 is 0. The highest BCUT2D eigenvalue weighted by Gasteiger charge is 2.18. The van der Waals surface area contributed by atoms with Crippen LogP contribution in [0.15, 0.2) is 12.4 Å². The third-order valence-corrected chi connectivity index (χ3v) is 3.38. The third-order valence-electron chi connectivity index (χ3n) is 3.38. The van der Waals surface area contributed by atoms with Crippen LogP contribution in [-0.4, -0.2) is 29.6 Å². The van der Waals surface area contributed by atoms with Gasteiger partial charge >= 0.3 is 0 Å². The molecule has 4 nitrogen and oxygen atoms in total. The Hall–Kier alpha value is -1.16. The zero-order valence-corrected chi connectivity index (χ0v) is 10.8. The molecule has 0 amide bonds. The number of anilines is 1. The molecule has 17 heavy (non-hydrogen) atoms. The minimum atomic E-state index is 0.580. The molecule has 1 atom stereocenters. The largest absolute Gasteiger partial charge is 0.353 e. The lowest BCUT2D eigenvalue weighted by molar-refractivity contribution is 0.608. The SMILES string of the molecule is CNCc1cncc(N2CCCCCC2C)n1. The van der Waals surface area contributed by atoms with Gasteiger partial charge in [0.1, 0.15) is 5.82 Å². The number of hydrogen-bond donors (Lipinski definition) is 1. The fourth-order valence-corrected chi connectivity index (χ4v) is 2.41. The molecule has 0 spiro atoms. The molecule has 1 aromatic rings. The maximum absolute atomic E-state index is 4.68. The second-order valence-electron chi connectivity index (χ2n) is 4.79. The van der Waals surface area contributed by atoms with Crippen molar-refractivity contribution >= 4 is 5.82 Å². The minimum Gasteiger partial charge on any atom is -0.353 e. The highest BCUT2D eigenvalue weighted by atomic mass is 15.2. The van der Waals surface area contributed by atoms with Gasteiger partial charge in [0.25, 0.3) is 0 Å². The Morgan fingerprint density at radius 1 is 1.35 bits per heavy atom. The smallest absolute Gasteiger partial charge is 0.147 e. The summed E-state index contributed by atoms with van der Waals surface area (Å²) in [5, 5.41) is 3.12. The van der Waals surface area contributed by atoms with Gasteiger partial charge in [-0.05, 0) is 26.8 Å². The number of aromatic nitrogens is 2. The van der Waals surface area contributed by atoms with Crippen molar-refractivity contribution in [1.29, 1.82) is 0 Å². The predicted octanol–water partition coefficient (Wildman–Crippen LogP) is 1.96. The van der Waals surface area contributed by atoms with Crippen LogP contribution in [0.5, 0.6) is 0 Å². The molecule has 1 aliphatic rings. The van der Waals surface area contributed by atoms with Crippen molar-refractivity contribution in [2.45, 2.75) is 45.2 Å². The molecule has 2 heterocycles. The Morgan fingerprint density at radius 2 is 2.24 bits per heavy atom. The summed E-state index contributed by atoms with van der Waals surface area (Å²) in [5.74, 6) is 1.03. The van der Waals surface area contributed by atoms with Crippen LogP contribution in [0.1, 0.15) is 38.3 Å². The van der Waals surface area contributed by atoms with E-state index in [4.69, 9.17) is 0 Å². The zero-order valence-electron chi connectivity index (χ0n) is 10.8. The average molecular weight is 234 g/mol. The number of hydrogen-bond acceptors (Lipinski definition) is 4. The monoisotopic (exact) mass is 234 g/mol. The Kier molecular flexibility index (Phi) is 4.31. The number of nitrogens with one attached hydrogen (secondary N) is 1. The molecule has 4 heteroatoms. The van der Waals surface area contributed by atoms with Crippen LogP contribution >= 0.6 is 0 Å². The van der Waals surface area contributed by atoms with Crippen molar-refractivity contribution in [1.82, 2.24) is 15.3 Å². The highest BCUT2D eigenvalue weighted by molar-refractivity contribution is 5.37. The van der Waals surface area contributed by atoms with Gasteiger partial charge in [0, 0.05) is 25.3 Å². The lowest BCUT2D eigenvalue weighted by atomic mass is 10.1. The van der Waals surface area contributed by atoms with E-state index in [0.717, 1.165) is 24.6 Å². The molecule has 1 fully saturated rings. The van der Waals surface area contributed by atoms with E-state index in [2.05, 4.69) is 27.1 Å². The van der Waals surface area contributed by atoms with Crippen molar-refractivity contribution in [3.8, 4) is 0 Å². The van der Waals surface area contributed by atoms with Gasteiger partial charge in [-0.3, -0.25) is 4.98 Å². The summed E-state index contributed by atoms with van der Waals surface area (Å²) in [7, 11) is 1.93. The third kappa shape index (κ3) is 3.16. The van der Waals surface area contributed by atoms with E-state index in [1.807, 2.05) is 19.4 Å². The topological polar surface area (TPSA) is 41.1 Å². The van der Waals surface area contributed by atoms with Gasteiger partial charge in [-0.1, -0.05) is 12.8 Å². The minimum absolute atomic E-state index is 0.580. The summed E-state index contributed by atoms with van der Waals surface area (Å²) in [5.41, 5.74) is 1.02. The Labute approximate surface area is 103 Å². The van der Waals surface area contributed by atoms with Crippen LogP contribution in [-0.2, 0) is 6.54 Å². The van der Waals surface area contributed by atoms with Gasteiger partial charge in [-0.25, -0.2) is 4.98 Å². The van der Waals surface area contributed by atoms with E-state index in [1.165, 1.54) is 25.7 Å². The van der Waals surface area contributed by atoms with Crippen molar-refractivity contribution in [3.05, 3.63) is 18.1 Å². The van der Waals surface area contributed by atoms with E-state index >= 15 is 0 Å². The Balaban J connectivity index is 2.16. The van der Waals surface area contributed by atoms with Gasteiger partial charge in [0.15, 0.2) is 0 Å². The first-order valence-electron chi connectivity index (χ1n) is 6.53. The van der Waals surface area contributed by atoms with Gasteiger partial charge in [0.2, 0.25) is 0 Å². The molecule has 1 N–H and O–H groups in total. The maximum Gasteiger partial charge on any atom is 0.147 e. The summed E-state index contributed by atoms with van der Waals surface area (Å²) in [6.45, 7) is 4.18. The number of nitrogens with zero attached hydrogens (tertiary/aromatic N) is 3. The first kappa shape index (κ1) is 12.3. The normalized spacial score (nSPS) is 21.3. The van der Waals surface area contributed by atoms with Crippen LogP contribution < -0.4 is 10.2 Å². The molecular weight excluding hydrogens is 212 g/mol. The quantitative estimate of drug-likeness (QED) is 0.868. The Morgan fingerprint density at radius 3 is 3.06 bits per heavy atom. The first-order chi connectivity index (χ1) is 8.31. The molecule has 1 aromatic heterocycles. The summed E-state index contributed by atoms with van der Waals surface area (Å²) in [6.07, 6.45) is 8.93. The molecule has 1 saturated heterocycles. The molecule has 1 aliphatic heterocycles. The van der Waals surface area contributed by atoms with E-state index in [1.54, 1.807) is 0 Å². The summed E-state index contributed by atoms with van der Waals surface area (Å²) in [6, 6.07) is 0.580. The van der Waals surface area contributed by atoms with E-state index in [0.29, 0.717) is 6.04 Å². The molecule has 0 saturated carbocycles. The van der Waals surface area contributed by atoms with Crippen molar-refractivity contribution in [2.75, 3.05) is 18.5 Å². The Bertz CT molecular complexity index is 353. The fraction of sp³-hybridized carbons (Fsp3) is 0.692. The molecule has 0 aromatic carbocycles. The summed E-state index contributed by atoms with van der Waals surface area (Å²) in [4.78, 5) is 11.4. The van der Waals surface area contributed by atoms with Crippen LogP contribution in [0.25, 0.3) is 0 Å². The van der Waals surface area contributed by atoms with E-state index in [9.17, 15) is 0 Å². The first-order valence-corrected chi connectivity index (χ1v) is 6.53. The average Bonchev–Trinajstić information content (AvgIpc) is 2.55. The second kappa shape index (κ2) is 5.96. The van der Waals surface area contributed by atoms with Crippen LogP contribution in [0, 0.1) is 0 Å². The second-order valence-corrected chi connectivity index (χ2v) is 4.79. The number of rotatable bonds is 3. The van der Waals surface area contributed by atoms with E-state index < -0.39 is 0 Å². The standard InChI is InChI=1S/C13H22N4/c1-11-6-4-3-5-7-17(11)13-10-15-9-12(16-13)8-14-2/h9-11,14H,3-8H2,1-2H3. The van der Waals surface area contributed by atoms with Crippen LogP contribution in [0.2, 0.25) is 0 Å². The fourth-order valence-electron chi connectivity index (χ4n) is 2.41. The molecule has 94 valence electrons. The van der Waals surface area contributed by atoms with E-state index in [-0.39, 0.29) is 0 Å². The predicted molar refractivity (Wildman–Crippen MR) is 70.1 cm³/mol. The van der Waals surface area contributed by atoms with Crippen molar-refractivity contribution in [3.63, 3.8) is 0 Å². The lowest BCUT2D eigenvalue weighted by Crippen LogP contribution is -2.33. The zero-order chi connectivity index (χ0) is 12.1. The van der Waals surface area contributed by atoms with Crippen molar-refractivity contribution < 1.29 is 0 Å². The molecule has 0 radical (unpaired) electrons. The maximum atomic E-state index is 4.68. The van der Waals surface area contributed by atoms with Gasteiger partial charge in [-0.15, -0.1) is 0 Å². The van der Waals surface area contributed by atoms with Gasteiger partial charge in [-0.2, -0.15) is 0 Å². The lowest BCUT2D eigenvalue weighted by Gasteiger charge is -2.28. The van der Waals surface area contributed by atoms with Crippen LogP contribution in [0.3, 0.4) is 0 Å². The highest BCUT2D eigenvalue weighted by Crippen LogP contribution is 2.21. The van der Waals surface area contributed by atoms with Gasteiger partial charge in [0.05, 0.1) is 11.9 Å². The molecular formula is C13H22N4. The summed E-state index contributed by atoms with van der Waals surface area (Å²) < 4.78 is 0. The van der Waals surface area contributed by atoms with Gasteiger partial charge < -0.3 is 10.2 Å². The van der Waals surface area contributed by atoms with Crippen LogP contribution in [0.4, 0.5) is 5.82 Å². The molecule has 0 aliphatic carbocycles. The molecule has 2 rings (SSSR count).